The summed E-state index contributed by atoms with van der Waals surface area (Å²) in [5.41, 5.74) is 0.409. The van der Waals surface area contributed by atoms with E-state index in [0.29, 0.717) is 5.69 Å². The third-order valence-corrected chi connectivity index (χ3v) is 4.34. The largest absolute Gasteiger partial charge is 0.469 e. The van der Waals surface area contributed by atoms with Crippen molar-refractivity contribution < 1.29 is 17.9 Å². The van der Waals surface area contributed by atoms with Crippen LogP contribution in [-0.2, 0) is 19.6 Å². The Morgan fingerprint density at radius 1 is 1.39 bits per heavy atom. The molecule has 0 aromatic heterocycles. The third kappa shape index (κ3) is 2.21. The van der Waals surface area contributed by atoms with Crippen LogP contribution in [0, 0.1) is 0 Å². The zero-order valence-corrected chi connectivity index (χ0v) is 10.6. The van der Waals surface area contributed by atoms with E-state index in [1.165, 1.54) is 19.5 Å². The lowest BCUT2D eigenvalue weighted by Gasteiger charge is -2.23. The first-order chi connectivity index (χ1) is 8.55. The molecule has 7 heteroatoms. The number of fused-ring (bicyclic) bond motifs is 1. The van der Waals surface area contributed by atoms with Gasteiger partial charge in [-0.05, 0) is 12.1 Å². The monoisotopic (exact) mass is 268 g/mol. The van der Waals surface area contributed by atoms with Crippen molar-refractivity contribution in [1.29, 1.82) is 0 Å². The summed E-state index contributed by atoms with van der Waals surface area (Å²) < 4.78 is 29.9. The van der Waals surface area contributed by atoms with Crippen LogP contribution < -0.4 is 0 Å². The molecule has 0 spiro atoms. The van der Waals surface area contributed by atoms with E-state index in [0.717, 1.165) is 4.31 Å². The maximum absolute atomic E-state index is 12.2. The number of sulfonamides is 1. The quantitative estimate of drug-likeness (QED) is 0.764. The van der Waals surface area contributed by atoms with Gasteiger partial charge in [0.25, 0.3) is 10.0 Å². The summed E-state index contributed by atoms with van der Waals surface area (Å²) in [7, 11) is -2.35. The molecule has 1 aliphatic heterocycles. The molecule has 0 atom stereocenters. The van der Waals surface area contributed by atoms with E-state index >= 15 is 0 Å². The van der Waals surface area contributed by atoms with Gasteiger partial charge in [-0.1, -0.05) is 12.1 Å². The molecule has 0 N–H and O–H groups in total. The van der Waals surface area contributed by atoms with Crippen LogP contribution >= 0.6 is 0 Å². The third-order valence-electron chi connectivity index (χ3n) is 2.54. The van der Waals surface area contributed by atoms with E-state index in [-0.39, 0.29) is 17.9 Å². The van der Waals surface area contributed by atoms with Crippen molar-refractivity contribution in [3.63, 3.8) is 0 Å². The maximum atomic E-state index is 12.2. The van der Waals surface area contributed by atoms with Crippen LogP contribution in [0.2, 0.25) is 0 Å². The maximum Gasteiger partial charge on any atom is 0.307 e. The minimum absolute atomic E-state index is 0.0100. The zero-order chi connectivity index (χ0) is 13.2. The SMILES string of the molecule is COC(=O)CCN1C=Nc2ccccc2S1(=O)=O. The molecule has 18 heavy (non-hydrogen) atoms. The van der Waals surface area contributed by atoms with E-state index in [4.69, 9.17) is 0 Å². The molecule has 0 saturated carbocycles. The van der Waals surface area contributed by atoms with Crippen LogP contribution in [0.25, 0.3) is 0 Å². The number of hydrogen-bond donors (Lipinski definition) is 0. The topological polar surface area (TPSA) is 76.0 Å². The fourth-order valence-corrected chi connectivity index (χ4v) is 2.97. The van der Waals surface area contributed by atoms with Crippen molar-refractivity contribution in [2.75, 3.05) is 13.7 Å². The molecule has 1 aromatic rings. The second-order valence-electron chi connectivity index (χ2n) is 3.65. The number of ether oxygens (including phenoxy) is 1. The fraction of sp³-hybridized carbons (Fsp3) is 0.273. The van der Waals surface area contributed by atoms with E-state index < -0.39 is 16.0 Å². The van der Waals surface area contributed by atoms with Gasteiger partial charge < -0.3 is 4.74 Å². The predicted molar refractivity (Wildman–Crippen MR) is 65.1 cm³/mol. The number of para-hydroxylation sites is 1. The second-order valence-corrected chi connectivity index (χ2v) is 5.51. The fourth-order valence-electron chi connectivity index (χ4n) is 1.58. The Hall–Kier alpha value is -1.89. The number of rotatable bonds is 3. The lowest BCUT2D eigenvalue weighted by molar-refractivity contribution is -0.140. The van der Waals surface area contributed by atoms with Crippen LogP contribution in [0.15, 0.2) is 34.2 Å². The van der Waals surface area contributed by atoms with Crippen LogP contribution in [0.4, 0.5) is 5.69 Å². The summed E-state index contributed by atoms with van der Waals surface area (Å²) in [5, 5.41) is 0. The minimum atomic E-state index is -3.61. The van der Waals surface area contributed by atoms with Gasteiger partial charge in [-0.3, -0.25) is 9.10 Å². The Balaban J connectivity index is 2.25. The summed E-state index contributed by atoms with van der Waals surface area (Å²) in [5.74, 6) is -0.461. The lowest BCUT2D eigenvalue weighted by atomic mass is 10.3. The van der Waals surface area contributed by atoms with Crippen LogP contribution in [0.5, 0.6) is 0 Å². The van der Waals surface area contributed by atoms with Gasteiger partial charge in [0, 0.05) is 6.54 Å². The van der Waals surface area contributed by atoms with Gasteiger partial charge in [-0.15, -0.1) is 0 Å². The number of carbonyl (C=O) groups excluding carboxylic acids is 1. The standard InChI is InChI=1S/C11H12N2O4S/c1-17-11(14)6-7-13-8-12-9-4-2-3-5-10(9)18(13,15)16/h2-5,8H,6-7H2,1H3. The van der Waals surface area contributed by atoms with Crippen molar-refractivity contribution >= 4 is 28.0 Å². The molecule has 2 rings (SSSR count). The molecule has 0 radical (unpaired) electrons. The van der Waals surface area contributed by atoms with E-state index in [9.17, 15) is 13.2 Å². The minimum Gasteiger partial charge on any atom is -0.469 e. The van der Waals surface area contributed by atoms with Crippen molar-refractivity contribution in [3.8, 4) is 0 Å². The molecule has 1 aromatic carbocycles. The molecule has 0 saturated heterocycles. The van der Waals surface area contributed by atoms with Gasteiger partial charge in [0.1, 0.15) is 11.2 Å². The highest BCUT2D eigenvalue weighted by Gasteiger charge is 2.28. The number of benzene rings is 1. The molecular formula is C11H12N2O4S. The first-order valence-corrected chi connectivity index (χ1v) is 6.71. The van der Waals surface area contributed by atoms with Crippen molar-refractivity contribution in [1.82, 2.24) is 4.31 Å². The molecule has 0 amide bonds. The Morgan fingerprint density at radius 3 is 2.83 bits per heavy atom. The number of nitrogens with zero attached hydrogens (tertiary/aromatic N) is 2. The molecule has 0 bridgehead atoms. The summed E-state index contributed by atoms with van der Waals surface area (Å²) >= 11 is 0. The zero-order valence-electron chi connectivity index (χ0n) is 9.74. The summed E-state index contributed by atoms with van der Waals surface area (Å²) in [6.45, 7) is 0.0207. The lowest BCUT2D eigenvalue weighted by Crippen LogP contribution is -2.33. The molecule has 0 fully saturated rings. The smallest absolute Gasteiger partial charge is 0.307 e. The highest BCUT2D eigenvalue weighted by atomic mass is 32.2. The average molecular weight is 268 g/mol. The molecule has 6 nitrogen and oxygen atoms in total. The van der Waals surface area contributed by atoms with E-state index in [2.05, 4.69) is 9.73 Å². The molecule has 96 valence electrons. The van der Waals surface area contributed by atoms with Crippen LogP contribution in [-0.4, -0.2) is 38.7 Å². The highest BCUT2D eigenvalue weighted by molar-refractivity contribution is 7.89. The van der Waals surface area contributed by atoms with E-state index in [1.807, 2.05) is 0 Å². The van der Waals surface area contributed by atoms with Crippen LogP contribution in [0.3, 0.4) is 0 Å². The molecule has 1 aliphatic rings. The predicted octanol–water partition coefficient (Wildman–Crippen LogP) is 0.914. The van der Waals surface area contributed by atoms with Gasteiger partial charge >= 0.3 is 5.97 Å². The number of methoxy groups -OCH3 is 1. The Bertz CT molecular complexity index is 595. The summed E-state index contributed by atoms with van der Waals surface area (Å²) in [6.07, 6.45) is 1.21. The Labute approximate surface area is 105 Å². The number of aliphatic imine (C=N–C) groups is 1. The first kappa shape index (κ1) is 12.6. The molecule has 1 heterocycles. The van der Waals surface area contributed by atoms with Crippen molar-refractivity contribution in [2.45, 2.75) is 11.3 Å². The van der Waals surface area contributed by atoms with Gasteiger partial charge in [0.15, 0.2) is 0 Å². The number of hydrogen-bond acceptors (Lipinski definition) is 5. The Morgan fingerprint density at radius 2 is 2.11 bits per heavy atom. The summed E-state index contributed by atoms with van der Waals surface area (Å²) in [6, 6.07) is 6.47. The van der Waals surface area contributed by atoms with Gasteiger partial charge in [-0.25, -0.2) is 13.4 Å². The van der Waals surface area contributed by atoms with Crippen LogP contribution in [0.1, 0.15) is 6.42 Å². The van der Waals surface area contributed by atoms with Gasteiger partial charge in [0.05, 0.1) is 19.2 Å². The molecule has 0 aliphatic carbocycles. The van der Waals surface area contributed by atoms with Crippen molar-refractivity contribution in [2.24, 2.45) is 4.99 Å². The second kappa shape index (κ2) is 4.77. The Kier molecular flexibility index (Phi) is 3.33. The molecular weight excluding hydrogens is 256 g/mol. The summed E-state index contributed by atoms with van der Waals surface area (Å²) in [4.78, 5) is 15.2. The number of carbonyl (C=O) groups is 1. The number of esters is 1. The van der Waals surface area contributed by atoms with Crippen molar-refractivity contribution in [3.05, 3.63) is 24.3 Å². The van der Waals surface area contributed by atoms with Gasteiger partial charge in [-0.2, -0.15) is 0 Å². The highest BCUT2D eigenvalue weighted by Crippen LogP contribution is 2.29. The molecule has 0 unspecified atom stereocenters. The average Bonchev–Trinajstić information content (AvgIpc) is 2.37. The normalized spacial score (nSPS) is 16.2. The van der Waals surface area contributed by atoms with E-state index in [1.54, 1.807) is 18.2 Å². The first-order valence-electron chi connectivity index (χ1n) is 5.27. The van der Waals surface area contributed by atoms with Gasteiger partial charge in [0.2, 0.25) is 0 Å².